The molecule has 1 unspecified atom stereocenters. The number of halogens is 2. The average molecular weight is 366 g/mol. The number of carbonyl (C=O) groups is 1. The zero-order chi connectivity index (χ0) is 17.9. The molecule has 3 N–H and O–H groups in total. The highest BCUT2D eigenvalue weighted by Gasteiger charge is 2.37. The molecule has 1 atom stereocenters. The topological polar surface area (TPSA) is 63.3 Å². The van der Waals surface area contributed by atoms with Crippen LogP contribution < -0.4 is 5.73 Å². The summed E-state index contributed by atoms with van der Waals surface area (Å²) in [5.41, 5.74) is 5.50. The molecule has 3 nitrogen and oxygen atoms in total. The fraction of sp³-hybridized carbons (Fsp3) is 0.316. The normalized spacial score (nSPS) is 13.1. The van der Waals surface area contributed by atoms with Crippen LogP contribution >= 0.6 is 23.2 Å². The number of nitrogens with two attached hydrogens (primary N) is 1. The summed E-state index contributed by atoms with van der Waals surface area (Å²) in [5.74, 6) is -0.888. The predicted octanol–water partition coefficient (Wildman–Crippen LogP) is 4.38. The second-order valence-corrected chi connectivity index (χ2v) is 7.20. The van der Waals surface area contributed by atoms with E-state index >= 15 is 0 Å². The Kier molecular flexibility index (Phi) is 5.92. The van der Waals surface area contributed by atoms with Crippen molar-refractivity contribution in [3.05, 3.63) is 69.7 Å². The van der Waals surface area contributed by atoms with Crippen LogP contribution in [0.1, 0.15) is 31.4 Å². The summed E-state index contributed by atoms with van der Waals surface area (Å²) in [7, 11) is 0. The number of hydrogen-bond acceptors (Lipinski definition) is 2. The Bertz CT molecular complexity index is 651. The van der Waals surface area contributed by atoms with E-state index in [0.717, 1.165) is 0 Å². The van der Waals surface area contributed by atoms with Gasteiger partial charge in [-0.1, -0.05) is 61.3 Å². The van der Waals surface area contributed by atoms with Crippen LogP contribution in [-0.2, 0) is 10.4 Å². The van der Waals surface area contributed by atoms with Crippen molar-refractivity contribution in [2.45, 2.75) is 25.9 Å². The first-order chi connectivity index (χ1) is 11.2. The second-order valence-electron chi connectivity index (χ2n) is 6.33. The molecule has 0 saturated carbocycles. The molecule has 0 spiro atoms. The van der Waals surface area contributed by atoms with E-state index in [9.17, 15) is 9.90 Å². The maximum atomic E-state index is 11.9. The number of rotatable bonds is 6. The molecule has 0 bridgehead atoms. The lowest BCUT2D eigenvalue weighted by Crippen LogP contribution is -2.37. The first-order valence-electron chi connectivity index (χ1n) is 7.78. The number of carbonyl (C=O) groups excluding carboxylic acids is 1. The third kappa shape index (κ3) is 4.10. The van der Waals surface area contributed by atoms with Gasteiger partial charge in [0.1, 0.15) is 5.60 Å². The third-order valence-electron chi connectivity index (χ3n) is 4.33. The number of primary amides is 1. The largest absolute Gasteiger partial charge is 0.380 e. The molecule has 0 aliphatic rings. The van der Waals surface area contributed by atoms with Crippen molar-refractivity contribution >= 4 is 29.1 Å². The van der Waals surface area contributed by atoms with Crippen molar-refractivity contribution in [2.75, 3.05) is 0 Å². The van der Waals surface area contributed by atoms with Gasteiger partial charge in [-0.25, -0.2) is 0 Å². The molecule has 0 heterocycles. The van der Waals surface area contributed by atoms with Gasteiger partial charge in [-0.3, -0.25) is 4.79 Å². The minimum Gasteiger partial charge on any atom is -0.380 e. The summed E-state index contributed by atoms with van der Waals surface area (Å²) in [6.07, 6.45) is 0.184. The van der Waals surface area contributed by atoms with Crippen LogP contribution in [0.25, 0.3) is 0 Å². The van der Waals surface area contributed by atoms with Gasteiger partial charge in [-0.2, -0.15) is 0 Å². The minimum absolute atomic E-state index is 0.00799. The van der Waals surface area contributed by atoms with Gasteiger partial charge in [0.25, 0.3) is 0 Å². The van der Waals surface area contributed by atoms with E-state index in [0.29, 0.717) is 21.2 Å². The smallest absolute Gasteiger partial charge is 0.220 e. The minimum atomic E-state index is -1.36. The fourth-order valence-electron chi connectivity index (χ4n) is 2.84. The summed E-state index contributed by atoms with van der Waals surface area (Å²) in [6, 6.07) is 13.9. The Balaban J connectivity index is 2.53. The lowest BCUT2D eigenvalue weighted by Gasteiger charge is -2.33. The van der Waals surface area contributed by atoms with Gasteiger partial charge in [0.05, 0.1) is 0 Å². The number of aliphatic hydroxyl groups is 1. The van der Waals surface area contributed by atoms with Crippen molar-refractivity contribution in [1.29, 1.82) is 0 Å². The Morgan fingerprint density at radius 1 is 1.00 bits per heavy atom. The molecule has 2 aromatic rings. The SMILES string of the molecule is CC(C)C(CC(O)(c1ccc(Cl)cc1)c1ccc(Cl)cc1)C(N)=O. The van der Waals surface area contributed by atoms with E-state index in [-0.39, 0.29) is 12.3 Å². The first kappa shape index (κ1) is 18.8. The molecule has 5 heteroatoms. The van der Waals surface area contributed by atoms with Crippen molar-refractivity contribution in [3.8, 4) is 0 Å². The van der Waals surface area contributed by atoms with Gasteiger partial charge in [-0.05, 0) is 47.7 Å². The molecular weight excluding hydrogens is 345 g/mol. The van der Waals surface area contributed by atoms with Crippen LogP contribution in [0.3, 0.4) is 0 Å². The zero-order valence-corrected chi connectivity index (χ0v) is 15.2. The summed E-state index contributed by atoms with van der Waals surface area (Å²) >= 11 is 11.9. The maximum absolute atomic E-state index is 11.9. The fourth-order valence-corrected chi connectivity index (χ4v) is 3.09. The molecule has 2 rings (SSSR count). The van der Waals surface area contributed by atoms with E-state index < -0.39 is 17.4 Å². The van der Waals surface area contributed by atoms with Crippen molar-refractivity contribution < 1.29 is 9.90 Å². The number of benzene rings is 2. The van der Waals surface area contributed by atoms with Crippen molar-refractivity contribution in [3.63, 3.8) is 0 Å². The lowest BCUT2D eigenvalue weighted by atomic mass is 9.76. The number of hydrogen-bond donors (Lipinski definition) is 2. The molecule has 24 heavy (non-hydrogen) atoms. The lowest BCUT2D eigenvalue weighted by molar-refractivity contribution is -0.125. The zero-order valence-electron chi connectivity index (χ0n) is 13.7. The monoisotopic (exact) mass is 365 g/mol. The summed E-state index contributed by atoms with van der Waals surface area (Å²) in [5, 5.41) is 12.7. The van der Waals surface area contributed by atoms with Crippen molar-refractivity contribution in [2.24, 2.45) is 17.6 Å². The van der Waals surface area contributed by atoms with Crippen LogP contribution in [0.2, 0.25) is 10.0 Å². The molecule has 0 aliphatic carbocycles. The number of amides is 1. The van der Waals surface area contributed by atoms with Crippen LogP contribution in [-0.4, -0.2) is 11.0 Å². The van der Waals surface area contributed by atoms with E-state index in [1.807, 2.05) is 13.8 Å². The van der Waals surface area contributed by atoms with Gasteiger partial charge in [0.2, 0.25) is 5.91 Å². The van der Waals surface area contributed by atoms with Crippen LogP contribution in [0, 0.1) is 11.8 Å². The van der Waals surface area contributed by atoms with Gasteiger partial charge in [-0.15, -0.1) is 0 Å². The summed E-state index contributed by atoms with van der Waals surface area (Å²) in [4.78, 5) is 11.9. The Morgan fingerprint density at radius 2 is 1.38 bits per heavy atom. The molecule has 2 aromatic carbocycles. The molecular formula is C19H21Cl2NO2. The summed E-state index contributed by atoms with van der Waals surface area (Å²) in [6.45, 7) is 3.83. The maximum Gasteiger partial charge on any atom is 0.220 e. The van der Waals surface area contributed by atoms with Gasteiger partial charge in [0, 0.05) is 16.0 Å². The average Bonchev–Trinajstić information content (AvgIpc) is 2.53. The van der Waals surface area contributed by atoms with Crippen molar-refractivity contribution in [1.82, 2.24) is 0 Å². The van der Waals surface area contributed by atoms with E-state index in [2.05, 4.69) is 0 Å². The molecule has 0 fully saturated rings. The summed E-state index contributed by atoms with van der Waals surface area (Å²) < 4.78 is 0. The second kappa shape index (κ2) is 7.56. The van der Waals surface area contributed by atoms with Gasteiger partial charge >= 0.3 is 0 Å². The highest BCUT2D eigenvalue weighted by Crippen LogP contribution is 2.38. The third-order valence-corrected chi connectivity index (χ3v) is 4.83. The van der Waals surface area contributed by atoms with Crippen LogP contribution in [0.15, 0.2) is 48.5 Å². The molecule has 0 aliphatic heterocycles. The Morgan fingerprint density at radius 3 is 1.67 bits per heavy atom. The molecule has 0 radical (unpaired) electrons. The van der Waals surface area contributed by atoms with Crippen LogP contribution in [0.4, 0.5) is 0 Å². The Hall–Kier alpha value is -1.55. The molecule has 1 amide bonds. The van der Waals surface area contributed by atoms with Crippen LogP contribution in [0.5, 0.6) is 0 Å². The Labute approximate surface area is 152 Å². The standard InChI is InChI=1S/C19H21Cl2NO2/c1-12(2)17(18(22)23)11-19(24,13-3-7-15(20)8-4-13)14-5-9-16(21)10-6-14/h3-10,12,17,24H,11H2,1-2H3,(H2,22,23). The van der Waals surface area contributed by atoms with E-state index in [1.54, 1.807) is 48.5 Å². The quantitative estimate of drug-likeness (QED) is 0.797. The van der Waals surface area contributed by atoms with Gasteiger partial charge < -0.3 is 10.8 Å². The highest BCUT2D eigenvalue weighted by atomic mass is 35.5. The molecule has 0 saturated heterocycles. The molecule has 0 aromatic heterocycles. The van der Waals surface area contributed by atoms with Gasteiger partial charge in [0.15, 0.2) is 0 Å². The predicted molar refractivity (Wildman–Crippen MR) is 98.0 cm³/mol. The first-order valence-corrected chi connectivity index (χ1v) is 8.53. The highest BCUT2D eigenvalue weighted by molar-refractivity contribution is 6.30. The van der Waals surface area contributed by atoms with E-state index in [1.165, 1.54) is 0 Å². The molecule has 128 valence electrons. The van der Waals surface area contributed by atoms with E-state index in [4.69, 9.17) is 28.9 Å².